The maximum Gasteiger partial charge on any atom is 0.206 e. The van der Waals surface area contributed by atoms with Crippen molar-refractivity contribution in [3.05, 3.63) is 34.3 Å². The average molecular weight is 428 g/mol. The van der Waals surface area contributed by atoms with Crippen LogP contribution in [-0.2, 0) is 4.74 Å². The standard InChI is InChI=1S/C16H18BrN3O2S2/c1-10(14(21)11-4-6-12(17)7-5-11)23-16-20-19-15(24-16)18-9-13-3-2-8-22-13/h4-7,10,13H,2-3,8-9H2,1H3,(H,18,19). The van der Waals surface area contributed by atoms with Crippen LogP contribution in [0.5, 0.6) is 0 Å². The van der Waals surface area contributed by atoms with E-state index in [1.807, 2.05) is 31.2 Å². The number of ketones is 1. The van der Waals surface area contributed by atoms with Gasteiger partial charge in [0.1, 0.15) is 0 Å². The summed E-state index contributed by atoms with van der Waals surface area (Å²) in [5, 5.41) is 12.1. The van der Waals surface area contributed by atoms with E-state index in [-0.39, 0.29) is 17.1 Å². The van der Waals surface area contributed by atoms with Crippen molar-refractivity contribution in [3.63, 3.8) is 0 Å². The van der Waals surface area contributed by atoms with Gasteiger partial charge in [-0.25, -0.2) is 0 Å². The van der Waals surface area contributed by atoms with Crippen molar-refractivity contribution in [2.75, 3.05) is 18.5 Å². The van der Waals surface area contributed by atoms with E-state index in [1.54, 1.807) is 0 Å². The number of aromatic nitrogens is 2. The van der Waals surface area contributed by atoms with Crippen LogP contribution >= 0.6 is 39.0 Å². The van der Waals surface area contributed by atoms with Gasteiger partial charge in [0.2, 0.25) is 5.13 Å². The Kier molecular flexibility index (Phi) is 6.26. The third-order valence-corrected chi connectivity index (χ3v) is 6.28. The number of carbonyl (C=O) groups excluding carboxylic acids is 1. The zero-order chi connectivity index (χ0) is 16.9. The lowest BCUT2D eigenvalue weighted by Gasteiger charge is -2.09. The minimum Gasteiger partial charge on any atom is -0.376 e. The molecule has 2 atom stereocenters. The number of rotatable bonds is 7. The van der Waals surface area contributed by atoms with E-state index in [0.29, 0.717) is 5.56 Å². The summed E-state index contributed by atoms with van der Waals surface area (Å²) in [4.78, 5) is 12.5. The van der Waals surface area contributed by atoms with Gasteiger partial charge in [-0.2, -0.15) is 0 Å². The molecule has 2 heterocycles. The number of hydrogen-bond donors (Lipinski definition) is 1. The van der Waals surface area contributed by atoms with Crippen LogP contribution < -0.4 is 5.32 Å². The third-order valence-electron chi connectivity index (χ3n) is 3.69. The van der Waals surface area contributed by atoms with E-state index >= 15 is 0 Å². The van der Waals surface area contributed by atoms with E-state index in [0.717, 1.165) is 39.9 Å². The number of nitrogens with zero attached hydrogens (tertiary/aromatic N) is 2. The second-order valence-electron chi connectivity index (χ2n) is 5.52. The van der Waals surface area contributed by atoms with E-state index in [9.17, 15) is 4.79 Å². The fourth-order valence-corrected chi connectivity index (χ4v) is 4.63. The molecule has 1 saturated heterocycles. The number of thioether (sulfide) groups is 1. The van der Waals surface area contributed by atoms with Crippen LogP contribution in [-0.4, -0.2) is 40.5 Å². The molecule has 0 spiro atoms. The van der Waals surface area contributed by atoms with Crippen molar-refractivity contribution in [3.8, 4) is 0 Å². The maximum atomic E-state index is 12.5. The van der Waals surface area contributed by atoms with Crippen LogP contribution in [0.3, 0.4) is 0 Å². The summed E-state index contributed by atoms with van der Waals surface area (Å²) in [5.74, 6) is 0.0940. The van der Waals surface area contributed by atoms with E-state index < -0.39 is 0 Å². The van der Waals surface area contributed by atoms with Crippen LogP contribution in [0.2, 0.25) is 0 Å². The Morgan fingerprint density at radius 3 is 2.96 bits per heavy atom. The summed E-state index contributed by atoms with van der Waals surface area (Å²) in [6.45, 7) is 3.50. The molecule has 2 aromatic rings. The molecule has 0 aliphatic carbocycles. The first-order valence-electron chi connectivity index (χ1n) is 7.77. The SMILES string of the molecule is CC(Sc1nnc(NCC2CCCO2)s1)C(=O)c1ccc(Br)cc1. The number of Topliss-reactive ketones (excluding diaryl/α,β-unsaturated/α-hetero) is 1. The molecule has 1 N–H and O–H groups in total. The van der Waals surface area contributed by atoms with E-state index in [4.69, 9.17) is 4.74 Å². The summed E-state index contributed by atoms with van der Waals surface area (Å²) in [7, 11) is 0. The fraction of sp³-hybridized carbons (Fsp3) is 0.438. The van der Waals surface area contributed by atoms with Gasteiger partial charge in [-0.3, -0.25) is 4.79 Å². The highest BCUT2D eigenvalue weighted by Crippen LogP contribution is 2.30. The summed E-state index contributed by atoms with van der Waals surface area (Å²) >= 11 is 6.29. The Balaban J connectivity index is 1.53. The molecule has 1 aliphatic rings. The van der Waals surface area contributed by atoms with Gasteiger partial charge < -0.3 is 10.1 Å². The Bertz CT molecular complexity index is 687. The Labute approximate surface area is 157 Å². The fourth-order valence-electron chi connectivity index (χ4n) is 2.39. The van der Waals surface area contributed by atoms with Crippen molar-refractivity contribution < 1.29 is 9.53 Å². The quantitative estimate of drug-likeness (QED) is 0.525. The topological polar surface area (TPSA) is 64.1 Å². The summed E-state index contributed by atoms with van der Waals surface area (Å²) in [5.41, 5.74) is 0.708. The zero-order valence-electron chi connectivity index (χ0n) is 13.2. The smallest absolute Gasteiger partial charge is 0.206 e. The lowest BCUT2D eigenvalue weighted by Crippen LogP contribution is -2.18. The lowest BCUT2D eigenvalue weighted by atomic mass is 10.1. The van der Waals surface area contributed by atoms with Gasteiger partial charge in [0.15, 0.2) is 10.1 Å². The van der Waals surface area contributed by atoms with Gasteiger partial charge in [0.25, 0.3) is 0 Å². The number of carbonyl (C=O) groups is 1. The normalized spacial score (nSPS) is 18.5. The Morgan fingerprint density at radius 1 is 1.46 bits per heavy atom. The minimum atomic E-state index is -0.204. The molecule has 0 radical (unpaired) electrons. The monoisotopic (exact) mass is 427 g/mol. The largest absolute Gasteiger partial charge is 0.376 e. The molecule has 0 amide bonds. The van der Waals surface area contributed by atoms with Gasteiger partial charge in [-0.05, 0) is 31.9 Å². The van der Waals surface area contributed by atoms with Crippen molar-refractivity contribution in [1.82, 2.24) is 10.2 Å². The predicted octanol–water partition coefficient (Wildman–Crippen LogP) is 4.26. The van der Waals surface area contributed by atoms with Gasteiger partial charge in [-0.1, -0.05) is 51.2 Å². The highest BCUT2D eigenvalue weighted by Gasteiger charge is 2.19. The van der Waals surface area contributed by atoms with E-state index in [2.05, 4.69) is 31.4 Å². The van der Waals surface area contributed by atoms with E-state index in [1.165, 1.54) is 23.1 Å². The summed E-state index contributed by atoms with van der Waals surface area (Å²) < 4.78 is 7.33. The molecule has 1 aromatic heterocycles. The molecule has 128 valence electrons. The molecule has 0 saturated carbocycles. The maximum absolute atomic E-state index is 12.5. The number of hydrogen-bond acceptors (Lipinski definition) is 7. The molecular weight excluding hydrogens is 410 g/mol. The first-order chi connectivity index (χ1) is 11.6. The Morgan fingerprint density at radius 2 is 2.25 bits per heavy atom. The van der Waals surface area contributed by atoms with Gasteiger partial charge in [-0.15, -0.1) is 10.2 Å². The zero-order valence-corrected chi connectivity index (χ0v) is 16.4. The molecule has 0 bridgehead atoms. The highest BCUT2D eigenvalue weighted by molar-refractivity contribution is 9.10. The number of ether oxygens (including phenoxy) is 1. The van der Waals surface area contributed by atoms with Gasteiger partial charge in [0.05, 0.1) is 11.4 Å². The van der Waals surface area contributed by atoms with Gasteiger partial charge in [0, 0.05) is 23.2 Å². The second-order valence-corrected chi connectivity index (χ2v) is 9.00. The van der Waals surface area contributed by atoms with Crippen LogP contribution in [0.1, 0.15) is 30.1 Å². The molecule has 1 fully saturated rings. The van der Waals surface area contributed by atoms with Crippen molar-refractivity contribution >= 4 is 49.9 Å². The summed E-state index contributed by atoms with van der Waals surface area (Å²) in [6, 6.07) is 7.42. The molecular formula is C16H18BrN3O2S2. The molecule has 24 heavy (non-hydrogen) atoms. The molecule has 8 heteroatoms. The van der Waals surface area contributed by atoms with Crippen LogP contribution in [0.25, 0.3) is 0 Å². The first kappa shape index (κ1) is 17.8. The minimum absolute atomic E-state index is 0.0940. The predicted molar refractivity (Wildman–Crippen MR) is 101 cm³/mol. The molecule has 3 rings (SSSR count). The van der Waals surface area contributed by atoms with Crippen LogP contribution in [0.15, 0.2) is 33.1 Å². The highest BCUT2D eigenvalue weighted by atomic mass is 79.9. The van der Waals surface area contributed by atoms with Crippen LogP contribution in [0, 0.1) is 0 Å². The lowest BCUT2D eigenvalue weighted by molar-refractivity contribution is 0.0994. The van der Waals surface area contributed by atoms with Crippen molar-refractivity contribution in [2.24, 2.45) is 0 Å². The number of nitrogens with one attached hydrogen (secondary N) is 1. The average Bonchev–Trinajstić information content (AvgIpc) is 3.24. The molecule has 1 aliphatic heterocycles. The van der Waals surface area contributed by atoms with Crippen molar-refractivity contribution in [2.45, 2.75) is 35.5 Å². The second kappa shape index (κ2) is 8.42. The first-order valence-corrected chi connectivity index (χ1v) is 10.3. The number of benzene rings is 1. The molecule has 5 nitrogen and oxygen atoms in total. The Hall–Kier alpha value is -0.960. The van der Waals surface area contributed by atoms with Gasteiger partial charge >= 0.3 is 0 Å². The third kappa shape index (κ3) is 4.78. The van der Waals surface area contributed by atoms with Crippen molar-refractivity contribution in [1.29, 1.82) is 0 Å². The number of anilines is 1. The molecule has 1 aromatic carbocycles. The van der Waals surface area contributed by atoms with Crippen LogP contribution in [0.4, 0.5) is 5.13 Å². The summed E-state index contributed by atoms with van der Waals surface area (Å²) in [6.07, 6.45) is 2.48. The number of halogens is 1. The molecule has 2 unspecified atom stereocenters.